The predicted molar refractivity (Wildman–Crippen MR) is 70.4 cm³/mol. The summed E-state index contributed by atoms with van der Waals surface area (Å²) in [5.74, 6) is 0. The number of hydrogen-bond acceptors (Lipinski definition) is 4. The SMILES string of the molecule is CC(C)(C)OC(=O)N1CC(n2nc(Cl)ccc2=O)C1. The van der Waals surface area contributed by atoms with Crippen LogP contribution in [-0.2, 0) is 4.74 Å². The van der Waals surface area contributed by atoms with E-state index in [0.717, 1.165) is 0 Å². The van der Waals surface area contributed by atoms with Gasteiger partial charge in [-0.3, -0.25) is 4.79 Å². The van der Waals surface area contributed by atoms with Crippen LogP contribution >= 0.6 is 11.6 Å². The summed E-state index contributed by atoms with van der Waals surface area (Å²) in [6, 6.07) is 2.68. The van der Waals surface area contributed by atoms with Crippen LogP contribution < -0.4 is 5.56 Å². The summed E-state index contributed by atoms with van der Waals surface area (Å²) in [7, 11) is 0. The van der Waals surface area contributed by atoms with Crippen LogP contribution in [0.2, 0.25) is 5.15 Å². The van der Waals surface area contributed by atoms with Gasteiger partial charge in [-0.25, -0.2) is 9.48 Å². The molecule has 19 heavy (non-hydrogen) atoms. The topological polar surface area (TPSA) is 64.4 Å². The van der Waals surface area contributed by atoms with Gasteiger partial charge in [0.15, 0.2) is 0 Å². The molecule has 1 aromatic heterocycles. The minimum absolute atomic E-state index is 0.140. The van der Waals surface area contributed by atoms with E-state index in [-0.39, 0.29) is 22.8 Å². The van der Waals surface area contributed by atoms with Crippen LogP contribution in [0.5, 0.6) is 0 Å². The molecule has 0 spiro atoms. The lowest BCUT2D eigenvalue weighted by Crippen LogP contribution is -2.54. The lowest BCUT2D eigenvalue weighted by Gasteiger charge is -2.39. The Hall–Kier alpha value is -1.56. The van der Waals surface area contributed by atoms with E-state index < -0.39 is 5.60 Å². The summed E-state index contributed by atoms with van der Waals surface area (Å²) >= 11 is 5.75. The second kappa shape index (κ2) is 4.85. The molecule has 7 heteroatoms. The van der Waals surface area contributed by atoms with Crippen molar-refractivity contribution in [1.29, 1.82) is 0 Å². The molecule has 0 aromatic carbocycles. The molecule has 104 valence electrons. The van der Waals surface area contributed by atoms with Crippen molar-refractivity contribution in [1.82, 2.24) is 14.7 Å². The van der Waals surface area contributed by atoms with E-state index in [1.807, 2.05) is 20.8 Å². The molecule has 1 amide bonds. The Bertz CT molecular complexity index is 544. The van der Waals surface area contributed by atoms with Gasteiger partial charge in [0.25, 0.3) is 5.56 Å². The van der Waals surface area contributed by atoms with E-state index in [4.69, 9.17) is 16.3 Å². The lowest BCUT2D eigenvalue weighted by atomic mass is 10.1. The smallest absolute Gasteiger partial charge is 0.410 e. The Morgan fingerprint density at radius 1 is 1.42 bits per heavy atom. The number of ether oxygens (including phenoxy) is 1. The molecule has 1 aromatic rings. The number of halogens is 1. The normalized spacial score (nSPS) is 16.1. The Morgan fingerprint density at radius 2 is 2.05 bits per heavy atom. The Morgan fingerprint density at radius 3 is 2.63 bits per heavy atom. The van der Waals surface area contributed by atoms with Gasteiger partial charge < -0.3 is 9.64 Å². The molecule has 0 unspecified atom stereocenters. The zero-order chi connectivity index (χ0) is 14.2. The van der Waals surface area contributed by atoms with Gasteiger partial charge in [0.05, 0.1) is 6.04 Å². The van der Waals surface area contributed by atoms with E-state index in [1.165, 1.54) is 21.7 Å². The van der Waals surface area contributed by atoms with Crippen molar-refractivity contribution in [3.63, 3.8) is 0 Å². The van der Waals surface area contributed by atoms with Crippen LogP contribution in [0.15, 0.2) is 16.9 Å². The molecule has 0 N–H and O–H groups in total. The summed E-state index contributed by atoms with van der Waals surface area (Å²) in [4.78, 5) is 24.9. The number of aromatic nitrogens is 2. The van der Waals surface area contributed by atoms with Crippen LogP contribution in [-0.4, -0.2) is 39.5 Å². The van der Waals surface area contributed by atoms with Gasteiger partial charge in [-0.15, -0.1) is 0 Å². The first-order valence-corrected chi connectivity index (χ1v) is 6.37. The number of carbonyl (C=O) groups is 1. The van der Waals surface area contributed by atoms with Crippen molar-refractivity contribution in [2.45, 2.75) is 32.4 Å². The monoisotopic (exact) mass is 285 g/mol. The largest absolute Gasteiger partial charge is 0.444 e. The number of likely N-dealkylation sites (tertiary alicyclic amines) is 1. The van der Waals surface area contributed by atoms with Gasteiger partial charge >= 0.3 is 6.09 Å². The molecule has 1 aliphatic rings. The lowest BCUT2D eigenvalue weighted by molar-refractivity contribution is -0.00102. The molecule has 0 bridgehead atoms. The third kappa shape index (κ3) is 3.26. The highest BCUT2D eigenvalue weighted by atomic mass is 35.5. The maximum atomic E-state index is 11.7. The highest BCUT2D eigenvalue weighted by molar-refractivity contribution is 6.29. The van der Waals surface area contributed by atoms with Gasteiger partial charge in [-0.2, -0.15) is 5.10 Å². The van der Waals surface area contributed by atoms with E-state index in [1.54, 1.807) is 0 Å². The Labute approximate surface area is 115 Å². The number of carbonyl (C=O) groups excluding carboxylic acids is 1. The molecule has 0 saturated carbocycles. The van der Waals surface area contributed by atoms with E-state index >= 15 is 0 Å². The predicted octanol–water partition coefficient (Wildman–Crippen LogP) is 1.69. The van der Waals surface area contributed by atoms with E-state index in [0.29, 0.717) is 13.1 Å². The Kier molecular flexibility index (Phi) is 3.54. The maximum Gasteiger partial charge on any atom is 0.410 e. The van der Waals surface area contributed by atoms with Crippen LogP contribution in [0.25, 0.3) is 0 Å². The Balaban J connectivity index is 1.98. The molecule has 1 saturated heterocycles. The van der Waals surface area contributed by atoms with Crippen molar-refractivity contribution in [2.24, 2.45) is 0 Å². The summed E-state index contributed by atoms with van der Waals surface area (Å²) in [6.07, 6.45) is -0.376. The highest BCUT2D eigenvalue weighted by Crippen LogP contribution is 2.22. The number of rotatable bonds is 1. The van der Waals surface area contributed by atoms with Gasteiger partial charge in [-0.05, 0) is 26.8 Å². The first-order valence-electron chi connectivity index (χ1n) is 5.99. The van der Waals surface area contributed by atoms with Crippen LogP contribution in [0, 0.1) is 0 Å². The number of hydrogen-bond donors (Lipinski definition) is 0. The number of amides is 1. The standard InChI is InChI=1S/C12H16ClN3O3/c1-12(2,3)19-11(18)15-6-8(7-15)16-10(17)5-4-9(13)14-16/h4-5,8H,6-7H2,1-3H3. The second-order valence-electron chi connectivity index (χ2n) is 5.48. The second-order valence-corrected chi connectivity index (χ2v) is 5.87. The summed E-state index contributed by atoms with van der Waals surface area (Å²) in [6.45, 7) is 6.24. The fraction of sp³-hybridized carbons (Fsp3) is 0.583. The molecule has 0 aliphatic carbocycles. The highest BCUT2D eigenvalue weighted by Gasteiger charge is 2.35. The van der Waals surface area contributed by atoms with E-state index in [2.05, 4.69) is 5.10 Å². The minimum Gasteiger partial charge on any atom is -0.444 e. The van der Waals surface area contributed by atoms with Crippen molar-refractivity contribution >= 4 is 17.7 Å². The molecular formula is C12H16ClN3O3. The zero-order valence-corrected chi connectivity index (χ0v) is 11.8. The molecule has 1 aliphatic heterocycles. The zero-order valence-electron chi connectivity index (χ0n) is 11.1. The third-order valence-electron chi connectivity index (χ3n) is 2.65. The van der Waals surface area contributed by atoms with Crippen molar-refractivity contribution in [2.75, 3.05) is 13.1 Å². The van der Waals surface area contributed by atoms with Crippen molar-refractivity contribution in [3.8, 4) is 0 Å². The van der Waals surface area contributed by atoms with E-state index in [9.17, 15) is 9.59 Å². The van der Waals surface area contributed by atoms with Crippen LogP contribution in [0.4, 0.5) is 4.79 Å². The quantitative estimate of drug-likeness (QED) is 0.788. The average Bonchev–Trinajstić information content (AvgIpc) is 2.18. The first-order chi connectivity index (χ1) is 8.76. The fourth-order valence-corrected chi connectivity index (χ4v) is 1.89. The van der Waals surface area contributed by atoms with Gasteiger partial charge in [0.2, 0.25) is 0 Å². The molecule has 2 heterocycles. The summed E-state index contributed by atoms with van der Waals surface area (Å²) < 4.78 is 6.54. The first kappa shape index (κ1) is 13.9. The van der Waals surface area contributed by atoms with Crippen molar-refractivity contribution < 1.29 is 9.53 Å². The number of nitrogens with zero attached hydrogens (tertiary/aromatic N) is 3. The fourth-order valence-electron chi connectivity index (χ4n) is 1.75. The van der Waals surface area contributed by atoms with Gasteiger partial charge in [0.1, 0.15) is 10.8 Å². The molecule has 0 atom stereocenters. The van der Waals surface area contributed by atoms with Crippen LogP contribution in [0.1, 0.15) is 26.8 Å². The minimum atomic E-state index is -0.521. The summed E-state index contributed by atoms with van der Waals surface area (Å²) in [5.41, 5.74) is -0.744. The third-order valence-corrected chi connectivity index (χ3v) is 2.85. The molecule has 6 nitrogen and oxygen atoms in total. The molecular weight excluding hydrogens is 270 g/mol. The average molecular weight is 286 g/mol. The maximum absolute atomic E-state index is 11.7. The molecule has 1 fully saturated rings. The van der Waals surface area contributed by atoms with Crippen LogP contribution in [0.3, 0.4) is 0 Å². The molecule has 2 rings (SSSR count). The summed E-state index contributed by atoms with van der Waals surface area (Å²) in [5, 5.41) is 4.21. The molecule has 0 radical (unpaired) electrons. The van der Waals surface area contributed by atoms with Crippen molar-refractivity contribution in [3.05, 3.63) is 27.6 Å². The van der Waals surface area contributed by atoms with Gasteiger partial charge in [-0.1, -0.05) is 11.6 Å². The van der Waals surface area contributed by atoms with Gasteiger partial charge in [0, 0.05) is 19.2 Å².